The summed E-state index contributed by atoms with van der Waals surface area (Å²) in [5, 5.41) is 13.0. The second kappa shape index (κ2) is 5.71. The first-order chi connectivity index (χ1) is 8.56. The van der Waals surface area contributed by atoms with E-state index in [1.165, 1.54) is 0 Å². The maximum absolute atomic E-state index is 9.74. The molecule has 0 spiro atoms. The van der Waals surface area contributed by atoms with Gasteiger partial charge >= 0.3 is 0 Å². The van der Waals surface area contributed by atoms with Crippen LogP contribution in [0.15, 0.2) is 39.4 Å². The molecular weight excluding hydrogens is 360 g/mol. The fourth-order valence-corrected chi connectivity index (χ4v) is 2.41. The summed E-state index contributed by atoms with van der Waals surface area (Å²) in [5.41, 5.74) is 2.71. The minimum atomic E-state index is 0.286. The molecule has 3 nitrogen and oxygen atoms in total. The number of phenolic OH excluding ortho intramolecular Hbond substituents is 1. The smallest absolute Gasteiger partial charge is 0.120 e. The molecule has 0 fully saturated rings. The molecule has 0 aliphatic heterocycles. The van der Waals surface area contributed by atoms with Crippen LogP contribution in [-0.4, -0.2) is 10.1 Å². The first-order valence-corrected chi connectivity index (χ1v) is 6.99. The standard InChI is InChI=1S/C13H12Br2N2O/c1-8-11(3-5-13(15)17-8)16-7-9-6-10(14)2-4-12(9)18/h2-6,16,18H,7H2,1H3. The fourth-order valence-electron chi connectivity index (χ4n) is 1.60. The Bertz CT molecular complexity index is 573. The molecule has 18 heavy (non-hydrogen) atoms. The molecule has 2 N–H and O–H groups in total. The van der Waals surface area contributed by atoms with Crippen LogP contribution in [0.4, 0.5) is 5.69 Å². The lowest BCUT2D eigenvalue weighted by Crippen LogP contribution is -2.02. The molecule has 1 aromatic heterocycles. The van der Waals surface area contributed by atoms with Gasteiger partial charge in [0.05, 0.1) is 11.4 Å². The van der Waals surface area contributed by atoms with Crippen LogP contribution in [0.25, 0.3) is 0 Å². The summed E-state index contributed by atoms with van der Waals surface area (Å²) in [6.45, 7) is 2.49. The van der Waals surface area contributed by atoms with Crippen molar-refractivity contribution in [3.63, 3.8) is 0 Å². The zero-order valence-corrected chi connectivity index (χ0v) is 12.9. The van der Waals surface area contributed by atoms with Crippen molar-refractivity contribution in [1.82, 2.24) is 4.98 Å². The van der Waals surface area contributed by atoms with Crippen LogP contribution in [0.5, 0.6) is 5.75 Å². The number of aromatic hydroxyl groups is 1. The average molecular weight is 372 g/mol. The quantitative estimate of drug-likeness (QED) is 0.793. The number of nitrogens with zero attached hydrogens (tertiary/aromatic N) is 1. The molecule has 0 aliphatic carbocycles. The highest BCUT2D eigenvalue weighted by Crippen LogP contribution is 2.23. The number of pyridine rings is 1. The summed E-state index contributed by atoms with van der Waals surface area (Å²) >= 11 is 6.72. The number of benzene rings is 1. The van der Waals surface area contributed by atoms with Gasteiger partial charge in [0.25, 0.3) is 0 Å². The third-order valence-electron chi connectivity index (χ3n) is 2.56. The molecule has 94 valence electrons. The highest BCUT2D eigenvalue weighted by Gasteiger charge is 2.04. The Balaban J connectivity index is 2.13. The van der Waals surface area contributed by atoms with Crippen LogP contribution in [0, 0.1) is 6.92 Å². The van der Waals surface area contributed by atoms with E-state index in [-0.39, 0.29) is 5.75 Å². The van der Waals surface area contributed by atoms with Gasteiger partial charge in [-0.05, 0) is 53.2 Å². The normalized spacial score (nSPS) is 10.4. The molecule has 0 aliphatic rings. The Labute approximate surface area is 123 Å². The van der Waals surface area contributed by atoms with Gasteiger partial charge in [0.15, 0.2) is 0 Å². The van der Waals surface area contributed by atoms with E-state index in [4.69, 9.17) is 0 Å². The van der Waals surface area contributed by atoms with Gasteiger partial charge in [-0.25, -0.2) is 4.98 Å². The highest BCUT2D eigenvalue weighted by atomic mass is 79.9. The molecule has 2 rings (SSSR count). The van der Waals surface area contributed by atoms with Crippen molar-refractivity contribution in [3.8, 4) is 5.75 Å². The zero-order chi connectivity index (χ0) is 13.1. The van der Waals surface area contributed by atoms with Crippen LogP contribution in [-0.2, 0) is 6.54 Å². The summed E-state index contributed by atoms with van der Waals surface area (Å²) in [4.78, 5) is 4.31. The Morgan fingerprint density at radius 3 is 2.72 bits per heavy atom. The van der Waals surface area contributed by atoms with Crippen molar-refractivity contribution in [2.24, 2.45) is 0 Å². The molecule has 1 heterocycles. The van der Waals surface area contributed by atoms with Crippen molar-refractivity contribution >= 4 is 37.5 Å². The van der Waals surface area contributed by atoms with Crippen LogP contribution >= 0.6 is 31.9 Å². The number of nitrogens with one attached hydrogen (secondary N) is 1. The minimum absolute atomic E-state index is 0.286. The Kier molecular flexibility index (Phi) is 4.24. The summed E-state index contributed by atoms with van der Waals surface area (Å²) in [6.07, 6.45) is 0. The third kappa shape index (κ3) is 3.23. The minimum Gasteiger partial charge on any atom is -0.508 e. The number of hydrogen-bond donors (Lipinski definition) is 2. The lowest BCUT2D eigenvalue weighted by molar-refractivity contribution is 0.469. The van der Waals surface area contributed by atoms with Crippen molar-refractivity contribution in [1.29, 1.82) is 0 Å². The number of halogens is 2. The van der Waals surface area contributed by atoms with E-state index < -0.39 is 0 Å². The van der Waals surface area contributed by atoms with Crippen LogP contribution in [0.2, 0.25) is 0 Å². The van der Waals surface area contributed by atoms with E-state index in [1.54, 1.807) is 6.07 Å². The largest absolute Gasteiger partial charge is 0.508 e. The number of rotatable bonds is 3. The molecule has 0 bridgehead atoms. The number of hydrogen-bond acceptors (Lipinski definition) is 3. The molecule has 0 radical (unpaired) electrons. The SMILES string of the molecule is Cc1nc(Br)ccc1NCc1cc(Br)ccc1O. The molecule has 0 amide bonds. The summed E-state index contributed by atoms with van der Waals surface area (Å²) in [5.74, 6) is 0.286. The molecule has 1 aromatic carbocycles. The molecule has 0 atom stereocenters. The second-order valence-electron chi connectivity index (χ2n) is 3.89. The second-order valence-corrected chi connectivity index (χ2v) is 5.62. The highest BCUT2D eigenvalue weighted by molar-refractivity contribution is 9.10. The van der Waals surface area contributed by atoms with Crippen molar-refractivity contribution in [2.75, 3.05) is 5.32 Å². The maximum atomic E-state index is 9.74. The van der Waals surface area contributed by atoms with Crippen LogP contribution in [0.1, 0.15) is 11.3 Å². The third-order valence-corrected chi connectivity index (χ3v) is 3.50. The van der Waals surface area contributed by atoms with Gasteiger partial charge in [-0.3, -0.25) is 0 Å². The molecular formula is C13H12Br2N2O. The van der Waals surface area contributed by atoms with E-state index in [1.807, 2.05) is 31.2 Å². The van der Waals surface area contributed by atoms with Gasteiger partial charge in [0.2, 0.25) is 0 Å². The number of aryl methyl sites for hydroxylation is 1. The lowest BCUT2D eigenvalue weighted by atomic mass is 10.2. The van der Waals surface area contributed by atoms with E-state index in [9.17, 15) is 5.11 Å². The molecule has 0 saturated heterocycles. The van der Waals surface area contributed by atoms with Crippen molar-refractivity contribution < 1.29 is 5.11 Å². The van der Waals surface area contributed by atoms with Crippen LogP contribution in [0.3, 0.4) is 0 Å². The Morgan fingerprint density at radius 1 is 1.22 bits per heavy atom. The Hall–Kier alpha value is -1.07. The zero-order valence-electron chi connectivity index (χ0n) is 9.74. The van der Waals surface area contributed by atoms with Gasteiger partial charge in [-0.2, -0.15) is 0 Å². The first kappa shape index (κ1) is 13.4. The molecule has 2 aromatic rings. The monoisotopic (exact) mass is 370 g/mol. The molecule has 0 unspecified atom stereocenters. The van der Waals surface area contributed by atoms with E-state index >= 15 is 0 Å². The number of aromatic nitrogens is 1. The first-order valence-electron chi connectivity index (χ1n) is 5.40. The molecule has 0 saturated carbocycles. The maximum Gasteiger partial charge on any atom is 0.120 e. The molecule has 5 heteroatoms. The lowest BCUT2D eigenvalue weighted by Gasteiger charge is -2.10. The van der Waals surface area contributed by atoms with E-state index in [2.05, 4.69) is 42.2 Å². The average Bonchev–Trinajstić information content (AvgIpc) is 2.32. The topological polar surface area (TPSA) is 45.2 Å². The fraction of sp³-hybridized carbons (Fsp3) is 0.154. The summed E-state index contributed by atoms with van der Waals surface area (Å²) < 4.78 is 1.76. The van der Waals surface area contributed by atoms with E-state index in [0.29, 0.717) is 6.54 Å². The van der Waals surface area contributed by atoms with Gasteiger partial charge in [0.1, 0.15) is 10.4 Å². The van der Waals surface area contributed by atoms with Gasteiger partial charge in [-0.1, -0.05) is 15.9 Å². The summed E-state index contributed by atoms with van der Waals surface area (Å²) in [6, 6.07) is 9.22. The van der Waals surface area contributed by atoms with Crippen LogP contribution < -0.4 is 5.32 Å². The Morgan fingerprint density at radius 2 is 2.00 bits per heavy atom. The van der Waals surface area contributed by atoms with Gasteiger partial charge < -0.3 is 10.4 Å². The summed E-state index contributed by atoms with van der Waals surface area (Å²) in [7, 11) is 0. The van der Waals surface area contributed by atoms with Crippen molar-refractivity contribution in [3.05, 3.63) is 50.7 Å². The van der Waals surface area contributed by atoms with Crippen molar-refractivity contribution in [2.45, 2.75) is 13.5 Å². The predicted octanol–water partition coefficient (Wildman–Crippen LogP) is 4.23. The van der Waals surface area contributed by atoms with Gasteiger partial charge in [-0.15, -0.1) is 0 Å². The van der Waals surface area contributed by atoms with E-state index in [0.717, 1.165) is 26.0 Å². The number of anilines is 1. The number of phenols is 1. The predicted molar refractivity (Wildman–Crippen MR) is 79.8 cm³/mol. The van der Waals surface area contributed by atoms with Gasteiger partial charge in [0, 0.05) is 16.6 Å².